The van der Waals surface area contributed by atoms with Gasteiger partial charge in [-0.25, -0.2) is 18.0 Å². The third-order valence-electron chi connectivity index (χ3n) is 4.53. The van der Waals surface area contributed by atoms with Crippen molar-refractivity contribution in [2.75, 3.05) is 26.2 Å². The summed E-state index contributed by atoms with van der Waals surface area (Å²) in [6.07, 6.45) is 0.454. The zero-order valence-corrected chi connectivity index (χ0v) is 15.7. The van der Waals surface area contributed by atoms with Gasteiger partial charge in [-0.05, 0) is 38.0 Å². The van der Waals surface area contributed by atoms with Crippen LogP contribution in [0, 0.1) is 0 Å². The Labute approximate surface area is 157 Å². The van der Waals surface area contributed by atoms with E-state index in [1.54, 1.807) is 0 Å². The zero-order chi connectivity index (χ0) is 19.6. The lowest BCUT2D eigenvalue weighted by molar-refractivity contribution is -0.136. The number of ether oxygens (including phenoxy) is 1. The minimum atomic E-state index is -3.66. The first-order valence-corrected chi connectivity index (χ1v) is 10.1. The maximum Gasteiger partial charge on any atom is 0.338 e. The van der Waals surface area contributed by atoms with Gasteiger partial charge in [0.25, 0.3) is 5.91 Å². The second-order valence-electron chi connectivity index (χ2n) is 6.41. The number of esters is 1. The fourth-order valence-corrected chi connectivity index (χ4v) is 4.60. The van der Waals surface area contributed by atoms with Gasteiger partial charge in [0.05, 0.1) is 10.5 Å². The van der Waals surface area contributed by atoms with E-state index in [1.165, 1.54) is 35.5 Å². The highest BCUT2D eigenvalue weighted by atomic mass is 32.2. The van der Waals surface area contributed by atoms with Crippen LogP contribution in [0.3, 0.4) is 0 Å². The lowest BCUT2D eigenvalue weighted by Crippen LogP contribution is -2.41. The molecule has 2 fully saturated rings. The second kappa shape index (κ2) is 7.65. The van der Waals surface area contributed by atoms with Gasteiger partial charge in [-0.15, -0.1) is 0 Å². The number of sulfonamides is 1. The largest absolute Gasteiger partial charge is 0.449 e. The second-order valence-corrected chi connectivity index (χ2v) is 8.35. The van der Waals surface area contributed by atoms with Gasteiger partial charge < -0.3 is 10.1 Å². The van der Waals surface area contributed by atoms with Gasteiger partial charge in [-0.2, -0.15) is 4.31 Å². The normalized spacial score (nSPS) is 19.0. The SMILES string of the molecule is C[C@H](OC(=O)c1cccc(S(=O)(=O)N2CCCC2)c1)C(=O)N1CCNC1=O. The fourth-order valence-electron chi connectivity index (χ4n) is 3.04. The van der Waals surface area contributed by atoms with Crippen LogP contribution in [0.4, 0.5) is 4.79 Å². The van der Waals surface area contributed by atoms with Gasteiger partial charge in [0.15, 0.2) is 6.10 Å². The van der Waals surface area contributed by atoms with Crippen molar-refractivity contribution in [3.8, 4) is 0 Å². The van der Waals surface area contributed by atoms with Crippen molar-refractivity contribution in [2.45, 2.75) is 30.8 Å². The van der Waals surface area contributed by atoms with Gasteiger partial charge in [0.2, 0.25) is 10.0 Å². The average Bonchev–Trinajstić information content (AvgIpc) is 3.33. The Hall–Kier alpha value is -2.46. The molecule has 9 nitrogen and oxygen atoms in total. The topological polar surface area (TPSA) is 113 Å². The summed E-state index contributed by atoms with van der Waals surface area (Å²) in [6.45, 7) is 2.85. The molecule has 2 heterocycles. The van der Waals surface area contributed by atoms with Crippen LogP contribution in [0.2, 0.25) is 0 Å². The predicted molar refractivity (Wildman–Crippen MR) is 94.4 cm³/mol. The molecule has 3 amide bonds. The number of urea groups is 1. The highest BCUT2D eigenvalue weighted by Gasteiger charge is 2.32. The molecule has 0 bridgehead atoms. The number of benzene rings is 1. The van der Waals surface area contributed by atoms with Crippen molar-refractivity contribution in [2.24, 2.45) is 0 Å². The van der Waals surface area contributed by atoms with Crippen molar-refractivity contribution in [3.05, 3.63) is 29.8 Å². The summed E-state index contributed by atoms with van der Waals surface area (Å²) in [4.78, 5) is 37.1. The molecule has 0 radical (unpaired) electrons. The zero-order valence-electron chi connectivity index (χ0n) is 14.9. The molecule has 10 heteroatoms. The third-order valence-corrected chi connectivity index (χ3v) is 6.42. The first-order chi connectivity index (χ1) is 12.8. The molecule has 0 unspecified atom stereocenters. The molecule has 0 saturated carbocycles. The molecule has 3 rings (SSSR count). The van der Waals surface area contributed by atoms with Crippen LogP contribution in [-0.2, 0) is 19.6 Å². The van der Waals surface area contributed by atoms with Crippen molar-refractivity contribution in [1.29, 1.82) is 0 Å². The Bertz CT molecular complexity index is 863. The lowest BCUT2D eigenvalue weighted by atomic mass is 10.2. The molecular formula is C17H21N3O6S. The first kappa shape index (κ1) is 19.3. The van der Waals surface area contributed by atoms with E-state index < -0.39 is 34.0 Å². The van der Waals surface area contributed by atoms with Crippen LogP contribution in [0.5, 0.6) is 0 Å². The molecule has 146 valence electrons. The molecule has 27 heavy (non-hydrogen) atoms. The smallest absolute Gasteiger partial charge is 0.338 e. The lowest BCUT2D eigenvalue weighted by Gasteiger charge is -2.18. The van der Waals surface area contributed by atoms with Gasteiger partial charge >= 0.3 is 12.0 Å². The summed E-state index contributed by atoms with van der Waals surface area (Å²) in [6, 6.07) is 5.02. The monoisotopic (exact) mass is 395 g/mol. The average molecular weight is 395 g/mol. The Morgan fingerprint density at radius 3 is 2.52 bits per heavy atom. The van der Waals surface area contributed by atoms with E-state index in [1.807, 2.05) is 0 Å². The molecule has 1 atom stereocenters. The number of carbonyl (C=O) groups is 3. The van der Waals surface area contributed by atoms with Crippen LogP contribution in [0.1, 0.15) is 30.1 Å². The molecule has 2 aliphatic heterocycles. The summed E-state index contributed by atoms with van der Waals surface area (Å²) in [7, 11) is -3.66. The number of nitrogens with one attached hydrogen (secondary N) is 1. The molecule has 0 aliphatic carbocycles. The van der Waals surface area contributed by atoms with Crippen LogP contribution in [0.15, 0.2) is 29.2 Å². The number of carbonyl (C=O) groups excluding carboxylic acids is 3. The van der Waals surface area contributed by atoms with Crippen molar-refractivity contribution in [3.63, 3.8) is 0 Å². The highest BCUT2D eigenvalue weighted by Crippen LogP contribution is 2.22. The molecular weight excluding hydrogens is 374 g/mol. The molecule has 1 aromatic carbocycles. The maximum atomic E-state index is 12.6. The number of amides is 3. The van der Waals surface area contributed by atoms with Gasteiger partial charge in [-0.1, -0.05) is 6.07 Å². The van der Waals surface area contributed by atoms with E-state index in [0.29, 0.717) is 19.6 Å². The minimum Gasteiger partial charge on any atom is -0.449 e. The summed E-state index contributed by atoms with van der Waals surface area (Å²) in [5.41, 5.74) is 0.0285. The first-order valence-electron chi connectivity index (χ1n) is 8.71. The van der Waals surface area contributed by atoms with E-state index in [-0.39, 0.29) is 17.0 Å². The fraction of sp³-hybridized carbons (Fsp3) is 0.471. The standard InChI is InChI=1S/C17H21N3O6S/c1-12(15(21)20-10-7-18-17(20)23)26-16(22)13-5-4-6-14(11-13)27(24,25)19-8-2-3-9-19/h4-6,11-12H,2-3,7-10H2,1H3,(H,18,23)/t12-/m0/s1. The predicted octanol–water partition coefficient (Wildman–Crippen LogP) is 0.568. The molecule has 2 saturated heterocycles. The third kappa shape index (κ3) is 3.96. The Kier molecular flexibility index (Phi) is 5.47. The molecule has 1 N–H and O–H groups in total. The van der Waals surface area contributed by atoms with Crippen LogP contribution in [-0.4, -0.2) is 67.8 Å². The van der Waals surface area contributed by atoms with E-state index in [4.69, 9.17) is 4.74 Å². The molecule has 2 aliphatic rings. The number of imide groups is 1. The molecule has 0 spiro atoms. The van der Waals surface area contributed by atoms with E-state index in [0.717, 1.165) is 17.7 Å². The van der Waals surface area contributed by atoms with Crippen molar-refractivity contribution >= 4 is 27.9 Å². The van der Waals surface area contributed by atoms with Gasteiger partial charge in [0, 0.05) is 26.2 Å². The Morgan fingerprint density at radius 2 is 1.89 bits per heavy atom. The van der Waals surface area contributed by atoms with E-state index in [9.17, 15) is 22.8 Å². The van der Waals surface area contributed by atoms with Crippen LogP contribution >= 0.6 is 0 Å². The van der Waals surface area contributed by atoms with Crippen molar-refractivity contribution in [1.82, 2.24) is 14.5 Å². The Morgan fingerprint density at radius 1 is 1.19 bits per heavy atom. The van der Waals surface area contributed by atoms with Crippen LogP contribution < -0.4 is 5.32 Å². The molecule has 1 aromatic rings. The van der Waals surface area contributed by atoms with E-state index in [2.05, 4.69) is 5.32 Å². The summed E-state index contributed by atoms with van der Waals surface area (Å²) in [5.74, 6) is -1.45. The Balaban J connectivity index is 1.72. The summed E-state index contributed by atoms with van der Waals surface area (Å²) in [5, 5.41) is 2.50. The van der Waals surface area contributed by atoms with E-state index >= 15 is 0 Å². The van der Waals surface area contributed by atoms with Gasteiger partial charge in [-0.3, -0.25) is 9.69 Å². The number of hydrogen-bond donors (Lipinski definition) is 1. The number of rotatable bonds is 5. The van der Waals surface area contributed by atoms with Gasteiger partial charge in [0.1, 0.15) is 0 Å². The van der Waals surface area contributed by atoms with Crippen molar-refractivity contribution < 1.29 is 27.5 Å². The summed E-state index contributed by atoms with van der Waals surface area (Å²) >= 11 is 0. The summed E-state index contributed by atoms with van der Waals surface area (Å²) < 4.78 is 31.8. The minimum absolute atomic E-state index is 0.0109. The number of nitrogens with zero attached hydrogens (tertiary/aromatic N) is 2. The van der Waals surface area contributed by atoms with Crippen LogP contribution in [0.25, 0.3) is 0 Å². The number of hydrogen-bond acceptors (Lipinski definition) is 6. The quantitative estimate of drug-likeness (QED) is 0.729. The molecule has 0 aromatic heterocycles. The maximum absolute atomic E-state index is 12.6. The highest BCUT2D eigenvalue weighted by molar-refractivity contribution is 7.89.